The third-order valence-electron chi connectivity index (χ3n) is 4.63. The molecule has 0 aromatic heterocycles. The van der Waals surface area contributed by atoms with Crippen molar-refractivity contribution in [3.63, 3.8) is 0 Å². The Kier molecular flexibility index (Phi) is 5.49. The van der Waals surface area contributed by atoms with E-state index in [4.69, 9.17) is 0 Å². The summed E-state index contributed by atoms with van der Waals surface area (Å²) in [5, 5.41) is 12.7. The molecule has 0 saturated carbocycles. The van der Waals surface area contributed by atoms with Crippen LogP contribution >= 0.6 is 12.4 Å². The van der Waals surface area contributed by atoms with Crippen LogP contribution in [0.2, 0.25) is 0 Å². The molecular formula is C16H22ClN3O3. The fourth-order valence-electron chi connectivity index (χ4n) is 3.31. The number of aliphatic carboxylic acids is 1. The number of urea groups is 1. The molecular weight excluding hydrogens is 318 g/mol. The summed E-state index contributed by atoms with van der Waals surface area (Å²) in [5.74, 6) is -1.16. The third kappa shape index (κ3) is 3.43. The fraction of sp³-hybridized carbons (Fsp3) is 0.500. The Hall–Kier alpha value is -1.79. The van der Waals surface area contributed by atoms with Crippen LogP contribution in [-0.4, -0.2) is 55.2 Å². The first-order valence-corrected chi connectivity index (χ1v) is 7.64. The van der Waals surface area contributed by atoms with Crippen molar-refractivity contribution >= 4 is 30.1 Å². The van der Waals surface area contributed by atoms with Gasteiger partial charge in [0.15, 0.2) is 0 Å². The molecule has 126 valence electrons. The highest BCUT2D eigenvalue weighted by Gasteiger charge is 2.33. The van der Waals surface area contributed by atoms with Crippen molar-refractivity contribution in [2.45, 2.75) is 12.3 Å². The minimum atomic E-state index is -0.742. The number of nitrogens with one attached hydrogen (secondary N) is 1. The molecule has 0 bridgehead atoms. The second kappa shape index (κ2) is 7.19. The SMILES string of the molecule is CN1CCN(c2cccc([C@@H]3CNCC[C@H]3C(=O)O)c2)C1=O.Cl. The van der Waals surface area contributed by atoms with Gasteiger partial charge in [-0.15, -0.1) is 12.4 Å². The maximum atomic E-state index is 12.1. The van der Waals surface area contributed by atoms with E-state index in [1.54, 1.807) is 16.8 Å². The van der Waals surface area contributed by atoms with Gasteiger partial charge in [-0.05, 0) is 30.7 Å². The Bertz CT molecular complexity index is 596. The molecule has 0 spiro atoms. The lowest BCUT2D eigenvalue weighted by atomic mass is 9.81. The molecule has 0 aliphatic carbocycles. The van der Waals surface area contributed by atoms with Gasteiger partial charge in [-0.25, -0.2) is 4.79 Å². The number of carbonyl (C=O) groups excluding carboxylic acids is 1. The number of anilines is 1. The van der Waals surface area contributed by atoms with E-state index in [2.05, 4.69) is 5.32 Å². The van der Waals surface area contributed by atoms with Crippen LogP contribution in [0.15, 0.2) is 24.3 Å². The average Bonchev–Trinajstić information content (AvgIpc) is 2.87. The maximum Gasteiger partial charge on any atom is 0.324 e. The Labute approximate surface area is 141 Å². The number of nitrogens with zero attached hydrogens (tertiary/aromatic N) is 2. The monoisotopic (exact) mass is 339 g/mol. The van der Waals surface area contributed by atoms with Gasteiger partial charge in [0.25, 0.3) is 0 Å². The van der Waals surface area contributed by atoms with Gasteiger partial charge in [-0.1, -0.05) is 12.1 Å². The van der Waals surface area contributed by atoms with E-state index in [0.717, 1.165) is 17.8 Å². The topological polar surface area (TPSA) is 72.9 Å². The summed E-state index contributed by atoms with van der Waals surface area (Å²) in [6, 6.07) is 7.73. The van der Waals surface area contributed by atoms with Crippen molar-refractivity contribution in [1.29, 1.82) is 0 Å². The standard InChI is InChI=1S/C16H21N3O3.ClH/c1-18-7-8-19(16(18)22)12-4-2-3-11(9-12)14-10-17-6-5-13(14)15(20)21;/h2-4,9,13-14,17H,5-8,10H2,1H3,(H,20,21);1H/t13-,14+;/m1./s1. The summed E-state index contributed by atoms with van der Waals surface area (Å²) in [6.07, 6.45) is 0.635. The molecule has 2 fully saturated rings. The zero-order valence-electron chi connectivity index (χ0n) is 13.1. The number of carboxylic acids is 1. The van der Waals surface area contributed by atoms with Crippen molar-refractivity contribution in [2.24, 2.45) is 5.92 Å². The Morgan fingerprint density at radius 1 is 1.35 bits per heavy atom. The van der Waals surface area contributed by atoms with E-state index in [0.29, 0.717) is 26.1 Å². The van der Waals surface area contributed by atoms with Crippen LogP contribution in [0.5, 0.6) is 0 Å². The summed E-state index contributed by atoms with van der Waals surface area (Å²) in [5.41, 5.74) is 1.83. The van der Waals surface area contributed by atoms with Crippen molar-refractivity contribution in [3.8, 4) is 0 Å². The fourth-order valence-corrected chi connectivity index (χ4v) is 3.31. The van der Waals surface area contributed by atoms with E-state index in [-0.39, 0.29) is 30.3 Å². The van der Waals surface area contributed by atoms with Gasteiger partial charge in [0, 0.05) is 38.3 Å². The minimum absolute atomic E-state index is 0. The summed E-state index contributed by atoms with van der Waals surface area (Å²) in [7, 11) is 1.79. The van der Waals surface area contributed by atoms with Gasteiger partial charge < -0.3 is 15.3 Å². The molecule has 2 N–H and O–H groups in total. The minimum Gasteiger partial charge on any atom is -0.481 e. The number of piperidine rings is 1. The summed E-state index contributed by atoms with van der Waals surface area (Å²) in [6.45, 7) is 2.78. The van der Waals surface area contributed by atoms with E-state index in [1.165, 1.54) is 0 Å². The van der Waals surface area contributed by atoms with Crippen LogP contribution in [0, 0.1) is 5.92 Å². The molecule has 1 aromatic rings. The van der Waals surface area contributed by atoms with Gasteiger partial charge in [0.05, 0.1) is 5.92 Å². The van der Waals surface area contributed by atoms with E-state index in [1.807, 2.05) is 24.3 Å². The maximum absolute atomic E-state index is 12.1. The lowest BCUT2D eigenvalue weighted by Gasteiger charge is -2.30. The van der Waals surface area contributed by atoms with Crippen LogP contribution < -0.4 is 10.2 Å². The number of carboxylic acid groups (broad SMARTS) is 1. The average molecular weight is 340 g/mol. The second-order valence-electron chi connectivity index (χ2n) is 5.99. The molecule has 6 nitrogen and oxygen atoms in total. The number of carbonyl (C=O) groups is 2. The molecule has 2 aliphatic heterocycles. The number of benzene rings is 1. The highest BCUT2D eigenvalue weighted by atomic mass is 35.5. The first-order chi connectivity index (χ1) is 10.6. The van der Waals surface area contributed by atoms with Crippen molar-refractivity contribution in [2.75, 3.05) is 38.1 Å². The van der Waals surface area contributed by atoms with Crippen molar-refractivity contribution < 1.29 is 14.7 Å². The number of hydrogen-bond acceptors (Lipinski definition) is 3. The highest BCUT2D eigenvalue weighted by Crippen LogP contribution is 2.32. The number of rotatable bonds is 3. The van der Waals surface area contributed by atoms with Gasteiger partial charge >= 0.3 is 12.0 Å². The summed E-state index contributed by atoms with van der Waals surface area (Å²) < 4.78 is 0. The second-order valence-corrected chi connectivity index (χ2v) is 5.99. The molecule has 0 unspecified atom stereocenters. The predicted octanol–water partition coefficient (Wildman–Crippen LogP) is 1.76. The zero-order valence-corrected chi connectivity index (χ0v) is 13.9. The van der Waals surface area contributed by atoms with Gasteiger partial charge in [0.1, 0.15) is 0 Å². The predicted molar refractivity (Wildman–Crippen MR) is 90.4 cm³/mol. The first kappa shape index (κ1) is 17.6. The largest absolute Gasteiger partial charge is 0.481 e. The normalized spacial score (nSPS) is 24.5. The van der Waals surface area contributed by atoms with Crippen LogP contribution in [0.4, 0.5) is 10.5 Å². The van der Waals surface area contributed by atoms with Crippen molar-refractivity contribution in [3.05, 3.63) is 29.8 Å². The summed E-state index contributed by atoms with van der Waals surface area (Å²) >= 11 is 0. The van der Waals surface area contributed by atoms with E-state index < -0.39 is 5.97 Å². The molecule has 2 heterocycles. The Morgan fingerprint density at radius 2 is 2.13 bits per heavy atom. The number of likely N-dealkylation sites (N-methyl/N-ethyl adjacent to an activating group) is 1. The quantitative estimate of drug-likeness (QED) is 0.880. The van der Waals surface area contributed by atoms with Crippen molar-refractivity contribution in [1.82, 2.24) is 10.2 Å². The van der Waals surface area contributed by atoms with E-state index in [9.17, 15) is 14.7 Å². The first-order valence-electron chi connectivity index (χ1n) is 7.64. The highest BCUT2D eigenvalue weighted by molar-refractivity contribution is 5.94. The number of hydrogen-bond donors (Lipinski definition) is 2. The Morgan fingerprint density at radius 3 is 2.78 bits per heavy atom. The third-order valence-corrected chi connectivity index (χ3v) is 4.63. The van der Waals surface area contributed by atoms with Crippen LogP contribution in [0.3, 0.4) is 0 Å². The lowest BCUT2D eigenvalue weighted by molar-refractivity contribution is -0.143. The molecule has 23 heavy (non-hydrogen) atoms. The van der Waals surface area contributed by atoms with Gasteiger partial charge in [-0.2, -0.15) is 0 Å². The van der Waals surface area contributed by atoms with Gasteiger partial charge in [0.2, 0.25) is 0 Å². The molecule has 2 atom stereocenters. The number of amides is 2. The molecule has 1 aromatic carbocycles. The van der Waals surface area contributed by atoms with Crippen LogP contribution in [0.25, 0.3) is 0 Å². The number of halogens is 1. The lowest BCUT2D eigenvalue weighted by Crippen LogP contribution is -2.38. The zero-order chi connectivity index (χ0) is 15.7. The summed E-state index contributed by atoms with van der Waals surface area (Å²) in [4.78, 5) is 27.0. The molecule has 3 rings (SSSR count). The Balaban J connectivity index is 0.00000192. The molecule has 2 aliphatic rings. The van der Waals surface area contributed by atoms with E-state index >= 15 is 0 Å². The van der Waals surface area contributed by atoms with Crippen LogP contribution in [0.1, 0.15) is 17.9 Å². The molecule has 2 amide bonds. The molecule has 2 saturated heterocycles. The molecule has 7 heteroatoms. The van der Waals surface area contributed by atoms with Crippen LogP contribution in [-0.2, 0) is 4.79 Å². The van der Waals surface area contributed by atoms with Gasteiger partial charge in [-0.3, -0.25) is 9.69 Å². The molecule has 0 radical (unpaired) electrons. The smallest absolute Gasteiger partial charge is 0.324 e.